The van der Waals surface area contributed by atoms with E-state index >= 15 is 0 Å². The summed E-state index contributed by atoms with van der Waals surface area (Å²) in [5.74, 6) is -1.76. The first-order valence-corrected chi connectivity index (χ1v) is 5.87. The zero-order valence-electron chi connectivity index (χ0n) is 10.8. The number of amides is 2. The summed E-state index contributed by atoms with van der Waals surface area (Å²) in [6.07, 6.45) is 0.340. The van der Waals surface area contributed by atoms with Crippen LogP contribution in [0.2, 0.25) is 0 Å². The molecule has 0 fully saturated rings. The maximum Gasteiger partial charge on any atom is 0.325 e. The molecular weight excluding hydrogens is 248 g/mol. The molecule has 0 spiro atoms. The highest BCUT2D eigenvalue weighted by Crippen LogP contribution is 2.11. The fourth-order valence-electron chi connectivity index (χ4n) is 1.33. The number of nitrogens with one attached hydrogen (secondary N) is 2. The van der Waals surface area contributed by atoms with E-state index in [2.05, 4.69) is 10.6 Å². The lowest BCUT2D eigenvalue weighted by atomic mass is 10.1. The Balaban J connectivity index is 2.78. The molecule has 0 radical (unpaired) electrons. The maximum atomic E-state index is 11.8. The van der Waals surface area contributed by atoms with Crippen molar-refractivity contribution in [3.05, 3.63) is 29.8 Å². The topological polar surface area (TPSA) is 95.5 Å². The number of rotatable bonds is 5. The summed E-state index contributed by atoms with van der Waals surface area (Å²) in [5.41, 5.74) is 0.796. The second-order valence-corrected chi connectivity index (χ2v) is 4.02. The molecule has 2 amide bonds. The first-order valence-electron chi connectivity index (χ1n) is 5.87. The average molecular weight is 264 g/mol. The SMILES string of the molecule is CCC(=O)Nc1cccc(C(=O)N[C@H](C)C(=O)O)c1. The van der Waals surface area contributed by atoms with Crippen LogP contribution in [-0.2, 0) is 9.59 Å². The molecule has 1 rings (SSSR count). The number of aliphatic carboxylic acids is 1. The first-order chi connectivity index (χ1) is 8.93. The van der Waals surface area contributed by atoms with Gasteiger partial charge in [-0.15, -0.1) is 0 Å². The molecule has 0 aliphatic heterocycles. The van der Waals surface area contributed by atoms with Gasteiger partial charge >= 0.3 is 5.97 Å². The molecule has 3 N–H and O–H groups in total. The fourth-order valence-corrected chi connectivity index (χ4v) is 1.33. The van der Waals surface area contributed by atoms with Crippen molar-refractivity contribution in [1.29, 1.82) is 0 Å². The van der Waals surface area contributed by atoms with Crippen LogP contribution in [0.25, 0.3) is 0 Å². The van der Waals surface area contributed by atoms with Gasteiger partial charge in [0, 0.05) is 17.7 Å². The summed E-state index contributed by atoms with van der Waals surface area (Å²) in [6, 6.07) is 5.35. The van der Waals surface area contributed by atoms with Crippen LogP contribution < -0.4 is 10.6 Å². The van der Waals surface area contributed by atoms with E-state index in [1.807, 2.05) is 0 Å². The van der Waals surface area contributed by atoms with Crippen LogP contribution >= 0.6 is 0 Å². The lowest BCUT2D eigenvalue weighted by Gasteiger charge is -2.10. The van der Waals surface area contributed by atoms with Gasteiger partial charge in [-0.1, -0.05) is 13.0 Å². The Kier molecular flexibility index (Phi) is 5.05. The van der Waals surface area contributed by atoms with Crippen LogP contribution in [0.4, 0.5) is 5.69 Å². The maximum absolute atomic E-state index is 11.8. The van der Waals surface area contributed by atoms with Crippen LogP contribution in [0.5, 0.6) is 0 Å². The number of anilines is 1. The third-order valence-corrected chi connectivity index (χ3v) is 2.45. The molecule has 1 aromatic rings. The van der Waals surface area contributed by atoms with Gasteiger partial charge in [-0.05, 0) is 25.1 Å². The largest absolute Gasteiger partial charge is 0.480 e. The molecule has 0 aliphatic carbocycles. The summed E-state index contributed by atoms with van der Waals surface area (Å²) in [4.78, 5) is 33.7. The average Bonchev–Trinajstić information content (AvgIpc) is 2.38. The van der Waals surface area contributed by atoms with Crippen molar-refractivity contribution in [1.82, 2.24) is 5.32 Å². The van der Waals surface area contributed by atoms with Crippen molar-refractivity contribution in [3.63, 3.8) is 0 Å². The number of hydrogen-bond acceptors (Lipinski definition) is 3. The summed E-state index contributed by atoms with van der Waals surface area (Å²) < 4.78 is 0. The predicted octanol–water partition coefficient (Wildman–Crippen LogP) is 1.24. The van der Waals surface area contributed by atoms with Gasteiger partial charge in [0.15, 0.2) is 0 Å². The molecule has 6 nitrogen and oxygen atoms in total. The number of benzene rings is 1. The Morgan fingerprint density at radius 1 is 1.32 bits per heavy atom. The van der Waals surface area contributed by atoms with Gasteiger partial charge in [-0.2, -0.15) is 0 Å². The van der Waals surface area contributed by atoms with Crippen LogP contribution in [0.3, 0.4) is 0 Å². The number of carbonyl (C=O) groups is 3. The molecule has 1 aromatic carbocycles. The van der Waals surface area contributed by atoms with Gasteiger partial charge in [0.25, 0.3) is 5.91 Å². The van der Waals surface area contributed by atoms with Crippen LogP contribution in [0.15, 0.2) is 24.3 Å². The summed E-state index contributed by atoms with van der Waals surface area (Å²) in [6.45, 7) is 3.10. The zero-order chi connectivity index (χ0) is 14.4. The standard InChI is InChI=1S/C13H16N2O4/c1-3-11(16)15-10-6-4-5-9(7-10)12(17)14-8(2)13(18)19/h4-8H,3H2,1-2H3,(H,14,17)(H,15,16)(H,18,19)/t8-/m1/s1. The Morgan fingerprint density at radius 2 is 2.00 bits per heavy atom. The lowest BCUT2D eigenvalue weighted by Crippen LogP contribution is -2.38. The minimum atomic E-state index is -1.11. The Hall–Kier alpha value is -2.37. The van der Waals surface area contributed by atoms with Crippen LogP contribution in [0.1, 0.15) is 30.6 Å². The van der Waals surface area contributed by atoms with E-state index in [1.165, 1.54) is 13.0 Å². The Morgan fingerprint density at radius 3 is 2.58 bits per heavy atom. The van der Waals surface area contributed by atoms with Crippen molar-refractivity contribution in [3.8, 4) is 0 Å². The third kappa shape index (κ3) is 4.42. The van der Waals surface area contributed by atoms with Gasteiger partial charge in [0.1, 0.15) is 6.04 Å². The Labute approximate surface area is 110 Å². The van der Waals surface area contributed by atoms with E-state index in [0.717, 1.165) is 0 Å². The second-order valence-electron chi connectivity index (χ2n) is 4.02. The summed E-state index contributed by atoms with van der Waals surface area (Å²) in [7, 11) is 0. The smallest absolute Gasteiger partial charge is 0.325 e. The van der Waals surface area contributed by atoms with Gasteiger partial charge in [-0.25, -0.2) is 0 Å². The molecule has 6 heteroatoms. The van der Waals surface area contributed by atoms with Crippen molar-refractivity contribution < 1.29 is 19.5 Å². The molecule has 1 atom stereocenters. The molecule has 19 heavy (non-hydrogen) atoms. The number of hydrogen-bond donors (Lipinski definition) is 3. The van der Waals surface area contributed by atoms with Crippen molar-refractivity contribution in [2.45, 2.75) is 26.3 Å². The normalized spacial score (nSPS) is 11.5. The van der Waals surface area contributed by atoms with Crippen LogP contribution in [-0.4, -0.2) is 28.9 Å². The quantitative estimate of drug-likeness (QED) is 0.745. The fraction of sp³-hybridized carbons (Fsp3) is 0.308. The van der Waals surface area contributed by atoms with E-state index in [-0.39, 0.29) is 5.91 Å². The van der Waals surface area contributed by atoms with Gasteiger partial charge in [0.2, 0.25) is 5.91 Å². The molecule has 0 saturated heterocycles. The monoisotopic (exact) mass is 264 g/mol. The molecule has 102 valence electrons. The summed E-state index contributed by atoms with van der Waals surface area (Å²) >= 11 is 0. The van der Waals surface area contributed by atoms with E-state index in [4.69, 9.17) is 5.11 Å². The van der Waals surface area contributed by atoms with E-state index in [9.17, 15) is 14.4 Å². The van der Waals surface area contributed by atoms with Gasteiger partial charge in [0.05, 0.1) is 0 Å². The molecular formula is C13H16N2O4. The minimum absolute atomic E-state index is 0.156. The molecule has 0 saturated carbocycles. The van der Waals surface area contributed by atoms with Crippen molar-refractivity contribution in [2.24, 2.45) is 0 Å². The molecule has 0 heterocycles. The number of carbonyl (C=O) groups excluding carboxylic acids is 2. The molecule has 0 aromatic heterocycles. The van der Waals surface area contributed by atoms with Gasteiger partial charge < -0.3 is 15.7 Å². The Bertz CT molecular complexity index is 499. The number of carboxylic acid groups (broad SMARTS) is 1. The first kappa shape index (κ1) is 14.7. The lowest BCUT2D eigenvalue weighted by molar-refractivity contribution is -0.138. The van der Waals surface area contributed by atoms with Crippen molar-refractivity contribution in [2.75, 3.05) is 5.32 Å². The molecule has 0 aliphatic rings. The highest BCUT2D eigenvalue weighted by Gasteiger charge is 2.15. The van der Waals surface area contributed by atoms with Crippen molar-refractivity contribution >= 4 is 23.5 Å². The van der Waals surface area contributed by atoms with E-state index < -0.39 is 17.9 Å². The highest BCUT2D eigenvalue weighted by molar-refractivity contribution is 5.98. The third-order valence-electron chi connectivity index (χ3n) is 2.45. The molecule has 0 unspecified atom stereocenters. The highest BCUT2D eigenvalue weighted by atomic mass is 16.4. The predicted molar refractivity (Wildman–Crippen MR) is 69.9 cm³/mol. The second kappa shape index (κ2) is 6.53. The van der Waals surface area contributed by atoms with E-state index in [0.29, 0.717) is 17.7 Å². The van der Waals surface area contributed by atoms with Gasteiger partial charge in [-0.3, -0.25) is 14.4 Å². The minimum Gasteiger partial charge on any atom is -0.480 e. The zero-order valence-corrected chi connectivity index (χ0v) is 10.8. The number of carboxylic acids is 1. The molecule has 0 bridgehead atoms. The summed E-state index contributed by atoms with van der Waals surface area (Å²) in [5, 5.41) is 13.7. The van der Waals surface area contributed by atoms with Crippen LogP contribution in [0, 0.1) is 0 Å². The van der Waals surface area contributed by atoms with E-state index in [1.54, 1.807) is 25.1 Å².